The Bertz CT molecular complexity index is 1490. The molecule has 5 aromatic rings. The number of H-pyrrole nitrogens is 1. The number of pyridine rings is 1. The van der Waals surface area contributed by atoms with Crippen LogP contribution in [0.3, 0.4) is 0 Å². The Morgan fingerprint density at radius 1 is 0.892 bits per heavy atom. The van der Waals surface area contributed by atoms with Crippen LogP contribution in [-0.4, -0.2) is 33.9 Å². The largest absolute Gasteiger partial charge is 0.491 e. The first kappa shape index (κ1) is 24.5. The fraction of sp³-hybridized carbons (Fsp3) is 0.226. The molecule has 0 aliphatic rings. The molecule has 3 aromatic carbocycles. The van der Waals surface area contributed by atoms with Crippen molar-refractivity contribution in [1.82, 2.24) is 15.2 Å². The predicted octanol–water partition coefficient (Wildman–Crippen LogP) is 6.34. The van der Waals surface area contributed by atoms with Crippen LogP contribution in [-0.2, 0) is 6.42 Å². The monoisotopic (exact) mass is 492 g/mol. The fourth-order valence-corrected chi connectivity index (χ4v) is 4.45. The summed E-state index contributed by atoms with van der Waals surface area (Å²) in [5.41, 5.74) is 13.4. The standard InChI is InChI=1S/C31H32N4O2/c1-20(2)37-26-11-7-10-24(15-26)31-29(23-12-13-30-28(16-23)21(3)34-35-30)17-27(18-33-31)36-19-25(32)14-22-8-5-4-6-9-22/h4-13,15-18,20,25H,14,19,32H2,1-3H3,(H,34,35)/t25-/m0/s1. The van der Waals surface area contributed by atoms with Crippen molar-refractivity contribution in [1.29, 1.82) is 0 Å². The summed E-state index contributed by atoms with van der Waals surface area (Å²) >= 11 is 0. The number of fused-ring (bicyclic) bond motifs is 1. The molecule has 188 valence electrons. The molecule has 0 unspecified atom stereocenters. The maximum absolute atomic E-state index is 6.38. The van der Waals surface area contributed by atoms with Gasteiger partial charge in [0.05, 0.1) is 23.5 Å². The minimum absolute atomic E-state index is 0.0880. The summed E-state index contributed by atoms with van der Waals surface area (Å²) in [6.45, 7) is 6.46. The van der Waals surface area contributed by atoms with E-state index in [1.54, 1.807) is 6.20 Å². The van der Waals surface area contributed by atoms with E-state index in [2.05, 4.69) is 40.5 Å². The molecule has 6 heteroatoms. The highest BCUT2D eigenvalue weighted by Crippen LogP contribution is 2.36. The molecule has 0 aliphatic carbocycles. The van der Waals surface area contributed by atoms with Gasteiger partial charge in [-0.3, -0.25) is 10.1 Å². The number of nitrogens with two attached hydrogens (primary N) is 1. The summed E-state index contributed by atoms with van der Waals surface area (Å²) < 4.78 is 12.1. The van der Waals surface area contributed by atoms with Crippen LogP contribution in [0.2, 0.25) is 0 Å². The maximum Gasteiger partial charge on any atom is 0.138 e. The van der Waals surface area contributed by atoms with Gasteiger partial charge in [-0.05, 0) is 68.7 Å². The number of aryl methyl sites for hydroxylation is 1. The molecule has 5 rings (SSSR count). The van der Waals surface area contributed by atoms with E-state index < -0.39 is 0 Å². The summed E-state index contributed by atoms with van der Waals surface area (Å²) in [5.74, 6) is 1.49. The number of nitrogens with one attached hydrogen (secondary N) is 1. The van der Waals surface area contributed by atoms with Crippen LogP contribution >= 0.6 is 0 Å². The molecule has 0 bridgehead atoms. The van der Waals surface area contributed by atoms with Crippen LogP contribution in [0.1, 0.15) is 25.1 Å². The number of hydrogen-bond acceptors (Lipinski definition) is 5. The van der Waals surface area contributed by atoms with Crippen molar-refractivity contribution in [2.75, 3.05) is 6.61 Å². The van der Waals surface area contributed by atoms with Gasteiger partial charge in [-0.2, -0.15) is 5.10 Å². The van der Waals surface area contributed by atoms with Crippen molar-refractivity contribution in [3.05, 3.63) is 96.3 Å². The number of aromatic nitrogens is 3. The molecule has 0 amide bonds. The first-order chi connectivity index (χ1) is 18.0. The van der Waals surface area contributed by atoms with E-state index in [4.69, 9.17) is 20.2 Å². The van der Waals surface area contributed by atoms with E-state index in [1.165, 1.54) is 5.56 Å². The lowest BCUT2D eigenvalue weighted by Gasteiger charge is -2.16. The van der Waals surface area contributed by atoms with E-state index in [1.807, 2.05) is 69.3 Å². The van der Waals surface area contributed by atoms with Crippen molar-refractivity contribution in [2.45, 2.75) is 39.3 Å². The van der Waals surface area contributed by atoms with Crippen molar-refractivity contribution >= 4 is 10.9 Å². The van der Waals surface area contributed by atoms with Gasteiger partial charge in [0.25, 0.3) is 0 Å². The Labute approximate surface area is 217 Å². The van der Waals surface area contributed by atoms with E-state index in [-0.39, 0.29) is 12.1 Å². The molecule has 6 nitrogen and oxygen atoms in total. The van der Waals surface area contributed by atoms with Crippen LogP contribution < -0.4 is 15.2 Å². The molecule has 0 radical (unpaired) electrons. The Hall–Kier alpha value is -4.16. The number of ether oxygens (including phenoxy) is 2. The van der Waals surface area contributed by atoms with Gasteiger partial charge in [0.15, 0.2) is 0 Å². The first-order valence-corrected chi connectivity index (χ1v) is 12.6. The van der Waals surface area contributed by atoms with Gasteiger partial charge in [-0.1, -0.05) is 48.5 Å². The van der Waals surface area contributed by atoms with Gasteiger partial charge >= 0.3 is 0 Å². The Balaban J connectivity index is 1.48. The van der Waals surface area contributed by atoms with Gasteiger partial charge in [-0.25, -0.2) is 0 Å². The van der Waals surface area contributed by atoms with E-state index in [0.717, 1.165) is 51.2 Å². The van der Waals surface area contributed by atoms with Crippen molar-refractivity contribution in [2.24, 2.45) is 5.73 Å². The van der Waals surface area contributed by atoms with Crippen LogP contribution in [0, 0.1) is 6.92 Å². The Kier molecular flexibility index (Phi) is 7.19. The molecule has 0 saturated carbocycles. The van der Waals surface area contributed by atoms with E-state index in [9.17, 15) is 0 Å². The fourth-order valence-electron chi connectivity index (χ4n) is 4.45. The maximum atomic E-state index is 6.38. The highest BCUT2D eigenvalue weighted by Gasteiger charge is 2.15. The highest BCUT2D eigenvalue weighted by atomic mass is 16.5. The summed E-state index contributed by atoms with van der Waals surface area (Å²) in [6, 6.07) is 26.4. The summed E-state index contributed by atoms with van der Waals surface area (Å²) in [4.78, 5) is 4.85. The van der Waals surface area contributed by atoms with Gasteiger partial charge in [-0.15, -0.1) is 0 Å². The van der Waals surface area contributed by atoms with Crippen molar-refractivity contribution in [3.63, 3.8) is 0 Å². The van der Waals surface area contributed by atoms with Gasteiger partial charge in [0.1, 0.15) is 18.1 Å². The molecule has 2 heterocycles. The summed E-state index contributed by atoms with van der Waals surface area (Å²) in [7, 11) is 0. The minimum Gasteiger partial charge on any atom is -0.491 e. The number of benzene rings is 3. The lowest BCUT2D eigenvalue weighted by molar-refractivity contribution is 0.242. The third-order valence-electron chi connectivity index (χ3n) is 6.20. The molecule has 37 heavy (non-hydrogen) atoms. The van der Waals surface area contributed by atoms with Gasteiger partial charge in [0.2, 0.25) is 0 Å². The SMILES string of the molecule is Cc1[nH]nc2ccc(-c3cc(OC[C@@H](N)Cc4ccccc4)cnc3-c3cccc(OC(C)C)c3)cc12. The number of hydrogen-bond donors (Lipinski definition) is 2. The number of aromatic amines is 1. The lowest BCUT2D eigenvalue weighted by atomic mass is 9.97. The average Bonchev–Trinajstić information content (AvgIpc) is 3.27. The smallest absolute Gasteiger partial charge is 0.138 e. The minimum atomic E-state index is -0.125. The Morgan fingerprint density at radius 3 is 2.54 bits per heavy atom. The van der Waals surface area contributed by atoms with Crippen LogP contribution in [0.4, 0.5) is 0 Å². The Morgan fingerprint density at radius 2 is 1.73 bits per heavy atom. The van der Waals surface area contributed by atoms with Crippen LogP contribution in [0.25, 0.3) is 33.3 Å². The molecule has 0 aliphatic heterocycles. The van der Waals surface area contributed by atoms with Crippen LogP contribution in [0.5, 0.6) is 11.5 Å². The molecule has 0 fully saturated rings. The molecular formula is C31H32N4O2. The number of nitrogens with zero attached hydrogens (tertiary/aromatic N) is 2. The molecule has 2 aromatic heterocycles. The van der Waals surface area contributed by atoms with Gasteiger partial charge in [0, 0.05) is 28.2 Å². The zero-order chi connectivity index (χ0) is 25.8. The summed E-state index contributed by atoms with van der Waals surface area (Å²) in [6.07, 6.45) is 2.61. The van der Waals surface area contributed by atoms with Crippen molar-refractivity contribution < 1.29 is 9.47 Å². The second kappa shape index (κ2) is 10.8. The second-order valence-corrected chi connectivity index (χ2v) is 9.60. The van der Waals surface area contributed by atoms with Crippen LogP contribution in [0.15, 0.2) is 85.1 Å². The van der Waals surface area contributed by atoms with Gasteiger partial charge < -0.3 is 15.2 Å². The third kappa shape index (κ3) is 5.81. The first-order valence-electron chi connectivity index (χ1n) is 12.6. The molecule has 0 spiro atoms. The predicted molar refractivity (Wildman–Crippen MR) is 149 cm³/mol. The molecule has 0 saturated heterocycles. The quantitative estimate of drug-likeness (QED) is 0.251. The third-order valence-corrected chi connectivity index (χ3v) is 6.20. The average molecular weight is 493 g/mol. The lowest BCUT2D eigenvalue weighted by Crippen LogP contribution is -2.30. The summed E-state index contributed by atoms with van der Waals surface area (Å²) in [5, 5.41) is 8.53. The molecule has 1 atom stereocenters. The molecular weight excluding hydrogens is 460 g/mol. The topological polar surface area (TPSA) is 86.0 Å². The zero-order valence-corrected chi connectivity index (χ0v) is 21.4. The van der Waals surface area contributed by atoms with Crippen molar-refractivity contribution in [3.8, 4) is 33.9 Å². The highest BCUT2D eigenvalue weighted by molar-refractivity contribution is 5.90. The number of rotatable bonds is 9. The normalized spacial score (nSPS) is 12.1. The van der Waals surface area contributed by atoms with E-state index in [0.29, 0.717) is 12.4 Å². The molecule has 3 N–H and O–H groups in total. The van der Waals surface area contributed by atoms with E-state index >= 15 is 0 Å². The zero-order valence-electron chi connectivity index (χ0n) is 21.4. The second-order valence-electron chi connectivity index (χ2n) is 9.60.